The first kappa shape index (κ1) is 14.4. The molecule has 0 bridgehead atoms. The molecule has 4 heteroatoms. The lowest BCUT2D eigenvalue weighted by atomic mass is 10.1. The van der Waals surface area contributed by atoms with Gasteiger partial charge in [-0.1, -0.05) is 35.9 Å². The summed E-state index contributed by atoms with van der Waals surface area (Å²) in [6.45, 7) is 5.71. The van der Waals surface area contributed by atoms with Gasteiger partial charge in [-0.25, -0.2) is 4.79 Å². The van der Waals surface area contributed by atoms with Gasteiger partial charge in [0.25, 0.3) is 0 Å². The summed E-state index contributed by atoms with van der Waals surface area (Å²) >= 11 is 6.02. The van der Waals surface area contributed by atoms with Crippen molar-refractivity contribution in [3.8, 4) is 5.75 Å². The van der Waals surface area contributed by atoms with Crippen LogP contribution >= 0.6 is 11.6 Å². The van der Waals surface area contributed by atoms with E-state index in [4.69, 9.17) is 16.3 Å². The van der Waals surface area contributed by atoms with Crippen molar-refractivity contribution >= 4 is 23.4 Å². The van der Waals surface area contributed by atoms with Crippen LogP contribution < -0.4 is 10.1 Å². The molecule has 0 unspecified atom stereocenters. The lowest BCUT2D eigenvalue weighted by Crippen LogP contribution is -2.17. The lowest BCUT2D eigenvalue weighted by molar-refractivity contribution is 0.214. The number of anilines is 1. The third kappa shape index (κ3) is 3.31. The molecule has 0 aliphatic heterocycles. The minimum atomic E-state index is -0.526. The summed E-state index contributed by atoms with van der Waals surface area (Å²) in [5, 5.41) is 3.27. The number of carbonyl (C=O) groups is 1. The fourth-order valence-corrected chi connectivity index (χ4v) is 2.05. The standard InChI is InChI=1S/C16H16ClNO2/c1-10-7-8-13(9-14(10)17)18-16(19)20-15-11(2)5-4-6-12(15)3/h4-9H,1-3H3,(H,18,19). The molecule has 3 nitrogen and oxygen atoms in total. The topological polar surface area (TPSA) is 38.3 Å². The maximum atomic E-state index is 11.9. The van der Waals surface area contributed by atoms with Crippen LogP contribution in [-0.2, 0) is 0 Å². The highest BCUT2D eigenvalue weighted by molar-refractivity contribution is 6.31. The maximum absolute atomic E-state index is 11.9. The van der Waals surface area contributed by atoms with E-state index in [0.717, 1.165) is 16.7 Å². The lowest BCUT2D eigenvalue weighted by Gasteiger charge is -2.11. The second kappa shape index (κ2) is 5.97. The summed E-state index contributed by atoms with van der Waals surface area (Å²) in [6.07, 6.45) is -0.526. The third-order valence-electron chi connectivity index (χ3n) is 3.02. The molecule has 2 rings (SSSR count). The zero-order valence-electron chi connectivity index (χ0n) is 11.7. The Bertz CT molecular complexity index is 633. The van der Waals surface area contributed by atoms with E-state index in [1.165, 1.54) is 0 Å². The highest BCUT2D eigenvalue weighted by Gasteiger charge is 2.10. The molecule has 0 aliphatic rings. The van der Waals surface area contributed by atoms with E-state index >= 15 is 0 Å². The number of hydrogen-bond acceptors (Lipinski definition) is 2. The summed E-state index contributed by atoms with van der Waals surface area (Å²) in [6, 6.07) is 11.1. The number of para-hydroxylation sites is 1. The van der Waals surface area contributed by atoms with Crippen LogP contribution in [0.25, 0.3) is 0 Å². The quantitative estimate of drug-likeness (QED) is 0.856. The fourth-order valence-electron chi connectivity index (χ4n) is 1.87. The van der Waals surface area contributed by atoms with Crippen molar-refractivity contribution in [1.29, 1.82) is 0 Å². The smallest absolute Gasteiger partial charge is 0.410 e. The SMILES string of the molecule is Cc1ccc(NC(=O)Oc2c(C)cccc2C)cc1Cl. The normalized spacial score (nSPS) is 10.2. The van der Waals surface area contributed by atoms with Crippen LogP contribution in [0.4, 0.5) is 10.5 Å². The largest absolute Gasteiger partial charge is 0.417 e. The molecule has 0 spiro atoms. The number of hydrogen-bond donors (Lipinski definition) is 1. The number of halogens is 1. The molecule has 2 aromatic carbocycles. The number of rotatable bonds is 2. The van der Waals surface area contributed by atoms with Crippen molar-refractivity contribution in [3.63, 3.8) is 0 Å². The van der Waals surface area contributed by atoms with Gasteiger partial charge in [0.2, 0.25) is 0 Å². The van der Waals surface area contributed by atoms with E-state index in [0.29, 0.717) is 16.5 Å². The molecule has 1 N–H and O–H groups in total. The predicted molar refractivity (Wildman–Crippen MR) is 81.8 cm³/mol. The Morgan fingerprint density at radius 2 is 1.70 bits per heavy atom. The second-order valence-electron chi connectivity index (χ2n) is 4.70. The van der Waals surface area contributed by atoms with Crippen LogP contribution in [0.3, 0.4) is 0 Å². The van der Waals surface area contributed by atoms with Crippen molar-refractivity contribution in [2.24, 2.45) is 0 Å². The van der Waals surface area contributed by atoms with Crippen molar-refractivity contribution in [2.75, 3.05) is 5.32 Å². The van der Waals surface area contributed by atoms with Crippen molar-refractivity contribution in [1.82, 2.24) is 0 Å². The molecule has 20 heavy (non-hydrogen) atoms. The number of ether oxygens (including phenoxy) is 1. The van der Waals surface area contributed by atoms with Crippen LogP contribution in [0.1, 0.15) is 16.7 Å². The summed E-state index contributed by atoms with van der Waals surface area (Å²) in [5.41, 5.74) is 3.40. The molecule has 0 heterocycles. The highest BCUT2D eigenvalue weighted by Crippen LogP contribution is 2.24. The minimum Gasteiger partial charge on any atom is -0.410 e. The van der Waals surface area contributed by atoms with Gasteiger partial charge in [0.15, 0.2) is 0 Å². The zero-order valence-corrected chi connectivity index (χ0v) is 12.4. The molecule has 0 radical (unpaired) electrons. The average Bonchev–Trinajstić information content (AvgIpc) is 2.38. The van der Waals surface area contributed by atoms with E-state index in [2.05, 4.69) is 5.32 Å². The molecule has 1 amide bonds. The Balaban J connectivity index is 2.11. The molecular weight excluding hydrogens is 274 g/mol. The first-order valence-electron chi connectivity index (χ1n) is 6.28. The Labute approximate surface area is 123 Å². The number of nitrogens with one attached hydrogen (secondary N) is 1. The van der Waals surface area contributed by atoms with Crippen LogP contribution in [0, 0.1) is 20.8 Å². The Morgan fingerprint density at radius 1 is 1.05 bits per heavy atom. The van der Waals surface area contributed by atoms with Gasteiger partial charge in [0.05, 0.1) is 0 Å². The Hall–Kier alpha value is -2.00. The van der Waals surface area contributed by atoms with Crippen molar-refractivity contribution in [2.45, 2.75) is 20.8 Å². The van der Waals surface area contributed by atoms with E-state index in [-0.39, 0.29) is 0 Å². The Morgan fingerprint density at radius 3 is 2.30 bits per heavy atom. The minimum absolute atomic E-state index is 0.526. The van der Waals surface area contributed by atoms with Gasteiger partial charge in [-0.3, -0.25) is 5.32 Å². The molecule has 0 aromatic heterocycles. The van der Waals surface area contributed by atoms with E-state index in [1.807, 2.05) is 45.0 Å². The summed E-state index contributed by atoms with van der Waals surface area (Å²) in [7, 11) is 0. The van der Waals surface area contributed by atoms with Crippen molar-refractivity contribution in [3.05, 3.63) is 58.1 Å². The molecule has 0 aliphatic carbocycles. The van der Waals surface area contributed by atoms with Crippen LogP contribution in [0.5, 0.6) is 5.75 Å². The molecule has 2 aromatic rings. The Kier molecular flexibility index (Phi) is 4.30. The van der Waals surface area contributed by atoms with E-state index in [9.17, 15) is 4.79 Å². The van der Waals surface area contributed by atoms with Gasteiger partial charge in [-0.2, -0.15) is 0 Å². The summed E-state index contributed by atoms with van der Waals surface area (Å²) in [4.78, 5) is 11.9. The van der Waals surface area contributed by atoms with E-state index < -0.39 is 6.09 Å². The second-order valence-corrected chi connectivity index (χ2v) is 5.11. The molecule has 0 fully saturated rings. The van der Waals surface area contributed by atoms with E-state index in [1.54, 1.807) is 12.1 Å². The molecule has 0 saturated heterocycles. The number of amides is 1. The highest BCUT2D eigenvalue weighted by atomic mass is 35.5. The monoisotopic (exact) mass is 289 g/mol. The molecule has 104 valence electrons. The van der Waals surface area contributed by atoms with Gasteiger partial charge >= 0.3 is 6.09 Å². The molecule has 0 atom stereocenters. The number of carbonyl (C=O) groups excluding carboxylic acids is 1. The predicted octanol–water partition coefficient (Wildman–Crippen LogP) is 4.88. The first-order chi connectivity index (χ1) is 9.47. The average molecular weight is 290 g/mol. The van der Waals surface area contributed by atoms with Gasteiger partial charge in [-0.05, 0) is 49.6 Å². The van der Waals surface area contributed by atoms with Gasteiger partial charge in [0, 0.05) is 10.7 Å². The van der Waals surface area contributed by atoms with Gasteiger partial charge in [-0.15, -0.1) is 0 Å². The zero-order chi connectivity index (χ0) is 14.7. The summed E-state index contributed by atoms with van der Waals surface area (Å²) < 4.78 is 5.36. The fraction of sp³-hybridized carbons (Fsp3) is 0.188. The maximum Gasteiger partial charge on any atom is 0.417 e. The van der Waals surface area contributed by atoms with Crippen molar-refractivity contribution < 1.29 is 9.53 Å². The summed E-state index contributed by atoms with van der Waals surface area (Å²) in [5.74, 6) is 0.586. The van der Waals surface area contributed by atoms with Gasteiger partial charge < -0.3 is 4.74 Å². The third-order valence-corrected chi connectivity index (χ3v) is 3.43. The molecular formula is C16H16ClNO2. The van der Waals surface area contributed by atoms with Crippen LogP contribution in [0.15, 0.2) is 36.4 Å². The van der Waals surface area contributed by atoms with Gasteiger partial charge in [0.1, 0.15) is 5.75 Å². The molecule has 0 saturated carbocycles. The number of benzene rings is 2. The number of aryl methyl sites for hydroxylation is 3. The first-order valence-corrected chi connectivity index (χ1v) is 6.66. The van der Waals surface area contributed by atoms with Crippen LogP contribution in [-0.4, -0.2) is 6.09 Å². The van der Waals surface area contributed by atoms with Crippen LogP contribution in [0.2, 0.25) is 5.02 Å².